The van der Waals surface area contributed by atoms with Crippen LogP contribution in [0.4, 0.5) is 5.69 Å². The summed E-state index contributed by atoms with van der Waals surface area (Å²) in [6.45, 7) is 7.17. The third-order valence-corrected chi connectivity index (χ3v) is 5.16. The van der Waals surface area contributed by atoms with Gasteiger partial charge in [-0.15, -0.1) is 0 Å². The van der Waals surface area contributed by atoms with Gasteiger partial charge in [-0.05, 0) is 18.2 Å². The molecule has 0 saturated carbocycles. The normalized spacial score (nSPS) is 16.4. The number of hydrogen-bond donors (Lipinski definition) is 3. The summed E-state index contributed by atoms with van der Waals surface area (Å²) in [4.78, 5) is 42.4. The average molecular weight is 386 g/mol. The van der Waals surface area contributed by atoms with Crippen molar-refractivity contribution in [2.45, 2.75) is 26.8 Å². The van der Waals surface area contributed by atoms with E-state index < -0.39 is 12.0 Å². The molecule has 3 N–H and O–H groups in total. The van der Waals surface area contributed by atoms with Crippen LogP contribution >= 0.6 is 0 Å². The minimum atomic E-state index is -0.936. The summed E-state index contributed by atoms with van der Waals surface area (Å²) in [5.41, 5.74) is 2.10. The second-order valence-electron chi connectivity index (χ2n) is 7.43. The molecule has 2 heterocycles. The smallest absolute Gasteiger partial charge is 0.325 e. The van der Waals surface area contributed by atoms with Crippen LogP contribution in [0.2, 0.25) is 0 Å². The van der Waals surface area contributed by atoms with Crippen molar-refractivity contribution in [3.63, 3.8) is 0 Å². The summed E-state index contributed by atoms with van der Waals surface area (Å²) in [7, 11) is 0. The van der Waals surface area contributed by atoms with Crippen molar-refractivity contribution in [2.75, 3.05) is 31.5 Å². The number of aromatic nitrogens is 1. The molecule has 1 atom stereocenters. The third kappa shape index (κ3) is 4.01. The first-order valence-corrected chi connectivity index (χ1v) is 9.42. The minimum Gasteiger partial charge on any atom is -0.480 e. The van der Waals surface area contributed by atoms with E-state index in [1.54, 1.807) is 17.2 Å². The van der Waals surface area contributed by atoms with Gasteiger partial charge in [-0.3, -0.25) is 19.3 Å². The van der Waals surface area contributed by atoms with Gasteiger partial charge in [-0.2, -0.15) is 0 Å². The lowest BCUT2D eigenvalue weighted by Gasteiger charge is -2.37. The van der Waals surface area contributed by atoms with E-state index in [4.69, 9.17) is 0 Å². The Labute approximate surface area is 163 Å². The molecule has 3 rings (SSSR count). The molecule has 1 aliphatic heterocycles. The zero-order chi connectivity index (χ0) is 20.4. The van der Waals surface area contributed by atoms with Gasteiger partial charge in [0.2, 0.25) is 11.8 Å². The highest BCUT2D eigenvalue weighted by molar-refractivity contribution is 5.96. The molecule has 2 amide bonds. The molecule has 0 unspecified atom stereocenters. The summed E-state index contributed by atoms with van der Waals surface area (Å²) < 4.78 is 0. The summed E-state index contributed by atoms with van der Waals surface area (Å²) in [6.07, 6.45) is 1.72. The molecule has 1 aliphatic rings. The molecule has 8 nitrogen and oxygen atoms in total. The number of aliphatic carboxylic acids is 1. The van der Waals surface area contributed by atoms with Crippen LogP contribution in [0.3, 0.4) is 0 Å². The molecular formula is C20H26N4O4. The van der Waals surface area contributed by atoms with Crippen molar-refractivity contribution in [3.05, 3.63) is 30.0 Å². The first-order valence-electron chi connectivity index (χ1n) is 9.42. The number of carboxylic acids is 1. The molecule has 150 valence electrons. The average Bonchev–Trinajstić information content (AvgIpc) is 3.05. The van der Waals surface area contributed by atoms with Gasteiger partial charge >= 0.3 is 5.97 Å². The first kappa shape index (κ1) is 19.9. The monoisotopic (exact) mass is 386 g/mol. The van der Waals surface area contributed by atoms with Crippen LogP contribution in [0.15, 0.2) is 24.4 Å². The quantitative estimate of drug-likeness (QED) is 0.729. The van der Waals surface area contributed by atoms with Crippen molar-refractivity contribution < 1.29 is 19.5 Å². The molecule has 28 heavy (non-hydrogen) atoms. The molecule has 1 aromatic carbocycles. The van der Waals surface area contributed by atoms with Gasteiger partial charge in [-0.1, -0.05) is 13.8 Å². The van der Waals surface area contributed by atoms with Gasteiger partial charge in [0.15, 0.2) is 0 Å². The van der Waals surface area contributed by atoms with Crippen molar-refractivity contribution >= 4 is 34.4 Å². The fourth-order valence-electron chi connectivity index (χ4n) is 3.51. The van der Waals surface area contributed by atoms with Crippen LogP contribution in [0.5, 0.6) is 0 Å². The molecule has 8 heteroatoms. The molecule has 0 aliphatic carbocycles. The molecule has 1 aromatic heterocycles. The number of rotatable bonds is 5. The number of fused-ring (bicyclic) bond motifs is 1. The van der Waals surface area contributed by atoms with E-state index in [-0.39, 0.29) is 17.7 Å². The Morgan fingerprint density at radius 1 is 1.14 bits per heavy atom. The zero-order valence-electron chi connectivity index (χ0n) is 16.4. The Morgan fingerprint density at radius 2 is 1.82 bits per heavy atom. The van der Waals surface area contributed by atoms with Crippen LogP contribution in [0.1, 0.15) is 32.4 Å². The van der Waals surface area contributed by atoms with Crippen molar-refractivity contribution in [1.29, 1.82) is 0 Å². The van der Waals surface area contributed by atoms with E-state index in [9.17, 15) is 19.5 Å². The maximum absolute atomic E-state index is 12.1. The van der Waals surface area contributed by atoms with Crippen LogP contribution in [0, 0.1) is 5.92 Å². The predicted octanol–water partition coefficient (Wildman–Crippen LogP) is 2.05. The minimum absolute atomic E-state index is 0.00385. The number of aromatic amines is 1. The Balaban J connectivity index is 1.90. The van der Waals surface area contributed by atoms with Gasteiger partial charge in [0, 0.05) is 67.4 Å². The largest absolute Gasteiger partial charge is 0.480 e. The Morgan fingerprint density at radius 3 is 2.39 bits per heavy atom. The number of carbonyl (C=O) groups is 3. The van der Waals surface area contributed by atoms with E-state index in [2.05, 4.69) is 10.3 Å². The lowest BCUT2D eigenvalue weighted by atomic mass is 10.0. The summed E-state index contributed by atoms with van der Waals surface area (Å²) >= 11 is 0. The molecule has 1 saturated heterocycles. The van der Waals surface area contributed by atoms with Gasteiger partial charge in [0.25, 0.3) is 0 Å². The molecule has 0 spiro atoms. The topological polar surface area (TPSA) is 106 Å². The molecule has 2 aromatic rings. The number of piperazine rings is 1. The number of H-pyrrole nitrogens is 1. The Kier molecular flexibility index (Phi) is 5.69. The van der Waals surface area contributed by atoms with Gasteiger partial charge in [0.05, 0.1) is 0 Å². The van der Waals surface area contributed by atoms with Crippen molar-refractivity contribution in [2.24, 2.45) is 5.92 Å². The maximum Gasteiger partial charge on any atom is 0.325 e. The van der Waals surface area contributed by atoms with E-state index in [1.807, 2.05) is 30.9 Å². The van der Waals surface area contributed by atoms with E-state index in [0.717, 1.165) is 10.9 Å². The Hall–Kier alpha value is -2.87. The second kappa shape index (κ2) is 8.02. The first-order chi connectivity index (χ1) is 13.3. The summed E-state index contributed by atoms with van der Waals surface area (Å²) in [5.74, 6) is -1.17. The molecular weight excluding hydrogens is 360 g/mol. The summed E-state index contributed by atoms with van der Waals surface area (Å²) in [5, 5.41) is 13.5. The number of carbonyl (C=O) groups excluding carboxylic acids is 2. The van der Waals surface area contributed by atoms with Gasteiger partial charge < -0.3 is 20.3 Å². The fourth-order valence-corrected chi connectivity index (χ4v) is 3.51. The number of amides is 2. The highest BCUT2D eigenvalue weighted by Gasteiger charge is 2.32. The molecule has 1 fully saturated rings. The summed E-state index contributed by atoms with van der Waals surface area (Å²) in [6, 6.07) is 4.62. The highest BCUT2D eigenvalue weighted by Crippen LogP contribution is 2.31. The molecule has 0 bridgehead atoms. The van der Waals surface area contributed by atoms with Crippen LogP contribution in [0.25, 0.3) is 10.9 Å². The lowest BCUT2D eigenvalue weighted by Crippen LogP contribution is -2.50. The number of carboxylic acid groups (broad SMARTS) is 1. The third-order valence-electron chi connectivity index (χ3n) is 5.16. The zero-order valence-corrected chi connectivity index (χ0v) is 16.4. The number of benzene rings is 1. The number of nitrogens with zero attached hydrogens (tertiary/aromatic N) is 2. The standard InChI is InChI=1S/C20H26N4O4/c1-12(2)19(26)22-14-4-5-17-15(10-14)16(11-21-17)18(20(27)28)24-8-6-23(7-9-24)13(3)25/h4-5,10-12,18,21H,6-9H2,1-3H3,(H,22,26)(H,27,28)/t18-/m0/s1. The van der Waals surface area contributed by atoms with E-state index in [0.29, 0.717) is 37.4 Å². The van der Waals surface area contributed by atoms with Crippen molar-refractivity contribution in [1.82, 2.24) is 14.8 Å². The predicted molar refractivity (Wildman–Crippen MR) is 106 cm³/mol. The van der Waals surface area contributed by atoms with Crippen molar-refractivity contribution in [3.8, 4) is 0 Å². The van der Waals surface area contributed by atoms with Gasteiger partial charge in [-0.25, -0.2) is 0 Å². The molecule has 0 radical (unpaired) electrons. The van der Waals surface area contributed by atoms with E-state index >= 15 is 0 Å². The Bertz CT molecular complexity index is 897. The lowest BCUT2D eigenvalue weighted by molar-refractivity contribution is -0.145. The SMILES string of the molecule is CC(=O)N1CCN([C@H](C(=O)O)c2c[nH]c3ccc(NC(=O)C(C)C)cc23)CC1. The van der Waals surface area contributed by atoms with Crippen LogP contribution < -0.4 is 5.32 Å². The van der Waals surface area contributed by atoms with Crippen LogP contribution in [-0.2, 0) is 14.4 Å². The maximum atomic E-state index is 12.1. The second-order valence-corrected chi connectivity index (χ2v) is 7.43. The van der Waals surface area contributed by atoms with Crippen LogP contribution in [-0.4, -0.2) is 63.9 Å². The fraction of sp³-hybridized carbons (Fsp3) is 0.450. The number of anilines is 1. The van der Waals surface area contributed by atoms with E-state index in [1.165, 1.54) is 6.92 Å². The number of hydrogen-bond acceptors (Lipinski definition) is 4. The number of nitrogens with one attached hydrogen (secondary N) is 2. The highest BCUT2D eigenvalue weighted by atomic mass is 16.4. The van der Waals surface area contributed by atoms with Gasteiger partial charge in [0.1, 0.15) is 6.04 Å².